The monoisotopic (exact) mass is 308 g/mol. The van der Waals surface area contributed by atoms with Crippen LogP contribution >= 0.6 is 0 Å². The Bertz CT molecular complexity index is 674. The standard InChI is InChI=1S/C14H16N2O4S/c15-8-11-3-1-2-4-12(11)9-21(19,20)16-13(7-14(17)18)10-5-6-10/h1-4,10,13,16H,5-7,9H2,(H,17,18). The molecule has 1 aromatic rings. The van der Waals surface area contributed by atoms with Crippen LogP contribution in [-0.4, -0.2) is 25.5 Å². The van der Waals surface area contributed by atoms with Crippen molar-refractivity contribution in [3.8, 4) is 6.07 Å². The second kappa shape index (κ2) is 6.24. The molecule has 0 amide bonds. The van der Waals surface area contributed by atoms with E-state index in [1.54, 1.807) is 24.3 Å². The maximum Gasteiger partial charge on any atom is 0.304 e. The molecule has 6 nitrogen and oxygen atoms in total. The number of sulfonamides is 1. The molecule has 1 aromatic carbocycles. The fourth-order valence-electron chi connectivity index (χ4n) is 2.22. The predicted octanol–water partition coefficient (Wildman–Crippen LogP) is 1.23. The zero-order valence-electron chi connectivity index (χ0n) is 11.3. The SMILES string of the molecule is N#Cc1ccccc1CS(=O)(=O)NC(CC(=O)O)C1CC1. The molecular formula is C14H16N2O4S. The third kappa shape index (κ3) is 4.55. The van der Waals surface area contributed by atoms with Gasteiger partial charge in [0.25, 0.3) is 0 Å². The first-order valence-electron chi connectivity index (χ1n) is 6.61. The van der Waals surface area contributed by atoms with Crippen molar-refractivity contribution in [2.75, 3.05) is 0 Å². The lowest BCUT2D eigenvalue weighted by molar-refractivity contribution is -0.137. The molecule has 0 saturated heterocycles. The number of carbonyl (C=O) groups is 1. The Morgan fingerprint density at radius 3 is 2.67 bits per heavy atom. The highest BCUT2D eigenvalue weighted by atomic mass is 32.2. The Balaban J connectivity index is 2.10. The van der Waals surface area contributed by atoms with E-state index in [1.807, 2.05) is 6.07 Å². The van der Waals surface area contributed by atoms with Gasteiger partial charge in [0.15, 0.2) is 0 Å². The summed E-state index contributed by atoms with van der Waals surface area (Å²) in [6, 6.07) is 7.86. The van der Waals surface area contributed by atoms with E-state index in [-0.39, 0.29) is 18.1 Å². The van der Waals surface area contributed by atoms with Crippen molar-refractivity contribution in [2.45, 2.75) is 31.1 Å². The van der Waals surface area contributed by atoms with Crippen LogP contribution < -0.4 is 4.72 Å². The Labute approximate surface area is 123 Å². The van der Waals surface area contributed by atoms with E-state index < -0.39 is 22.0 Å². The minimum atomic E-state index is -3.68. The highest BCUT2D eigenvalue weighted by Gasteiger charge is 2.35. The summed E-state index contributed by atoms with van der Waals surface area (Å²) < 4.78 is 26.8. The third-order valence-electron chi connectivity index (χ3n) is 3.40. The minimum absolute atomic E-state index is 0.0992. The summed E-state index contributed by atoms with van der Waals surface area (Å²) in [5, 5.41) is 17.8. The van der Waals surface area contributed by atoms with Crippen LogP contribution in [0.4, 0.5) is 0 Å². The van der Waals surface area contributed by atoms with Gasteiger partial charge in [-0.2, -0.15) is 5.26 Å². The Kier molecular flexibility index (Phi) is 4.60. The van der Waals surface area contributed by atoms with Crippen molar-refractivity contribution < 1.29 is 18.3 Å². The largest absolute Gasteiger partial charge is 0.481 e. The zero-order valence-corrected chi connectivity index (χ0v) is 12.1. The summed E-state index contributed by atoms with van der Waals surface area (Å²) in [5.41, 5.74) is 0.724. The normalized spacial score (nSPS) is 16.1. The number of hydrogen-bond donors (Lipinski definition) is 2. The Morgan fingerprint density at radius 1 is 1.43 bits per heavy atom. The lowest BCUT2D eigenvalue weighted by Gasteiger charge is -2.16. The number of nitrogens with one attached hydrogen (secondary N) is 1. The number of nitrogens with zero attached hydrogens (tertiary/aromatic N) is 1. The maximum atomic E-state index is 12.2. The minimum Gasteiger partial charge on any atom is -0.481 e. The van der Waals surface area contributed by atoms with Gasteiger partial charge < -0.3 is 5.11 Å². The fraction of sp³-hybridized carbons (Fsp3) is 0.429. The number of benzene rings is 1. The van der Waals surface area contributed by atoms with E-state index in [0.29, 0.717) is 11.1 Å². The Hall–Kier alpha value is -1.91. The third-order valence-corrected chi connectivity index (χ3v) is 4.75. The van der Waals surface area contributed by atoms with E-state index in [0.717, 1.165) is 12.8 Å². The molecule has 2 N–H and O–H groups in total. The molecule has 1 atom stereocenters. The number of hydrogen-bond acceptors (Lipinski definition) is 4. The van der Waals surface area contributed by atoms with Crippen molar-refractivity contribution in [2.24, 2.45) is 5.92 Å². The molecule has 0 aromatic heterocycles. The number of rotatable bonds is 7. The average molecular weight is 308 g/mol. The molecule has 0 spiro atoms. The van der Waals surface area contributed by atoms with E-state index in [1.165, 1.54) is 0 Å². The average Bonchev–Trinajstić information content (AvgIpc) is 3.21. The summed E-state index contributed by atoms with van der Waals surface area (Å²) in [7, 11) is -3.68. The lowest BCUT2D eigenvalue weighted by Crippen LogP contribution is -2.38. The van der Waals surface area contributed by atoms with Gasteiger partial charge in [-0.05, 0) is 30.4 Å². The van der Waals surface area contributed by atoms with Crippen LogP contribution in [-0.2, 0) is 20.6 Å². The summed E-state index contributed by atoms with van der Waals surface area (Å²) >= 11 is 0. The fourth-order valence-corrected chi connectivity index (χ4v) is 3.71. The molecule has 21 heavy (non-hydrogen) atoms. The molecular weight excluding hydrogens is 292 g/mol. The molecule has 0 aliphatic heterocycles. The predicted molar refractivity (Wildman–Crippen MR) is 75.7 cm³/mol. The van der Waals surface area contributed by atoms with Crippen LogP contribution in [0.1, 0.15) is 30.4 Å². The summed E-state index contributed by atoms with van der Waals surface area (Å²) in [4.78, 5) is 10.8. The van der Waals surface area contributed by atoms with Crippen molar-refractivity contribution >= 4 is 16.0 Å². The van der Waals surface area contributed by atoms with Crippen LogP contribution in [0.5, 0.6) is 0 Å². The Morgan fingerprint density at radius 2 is 2.10 bits per heavy atom. The van der Waals surface area contributed by atoms with Gasteiger partial charge in [0.2, 0.25) is 10.0 Å². The highest BCUT2D eigenvalue weighted by Crippen LogP contribution is 2.34. The van der Waals surface area contributed by atoms with E-state index in [4.69, 9.17) is 10.4 Å². The number of carboxylic acids is 1. The molecule has 1 unspecified atom stereocenters. The van der Waals surface area contributed by atoms with Gasteiger partial charge in [-0.3, -0.25) is 4.79 Å². The van der Waals surface area contributed by atoms with Crippen LogP contribution in [0.3, 0.4) is 0 Å². The molecule has 7 heteroatoms. The lowest BCUT2D eigenvalue weighted by atomic mass is 10.1. The van der Waals surface area contributed by atoms with Crippen molar-refractivity contribution in [3.63, 3.8) is 0 Å². The smallest absolute Gasteiger partial charge is 0.304 e. The van der Waals surface area contributed by atoms with Crippen LogP contribution in [0.2, 0.25) is 0 Å². The van der Waals surface area contributed by atoms with Gasteiger partial charge in [-0.25, -0.2) is 13.1 Å². The summed E-state index contributed by atoms with van der Waals surface area (Å²) in [5.74, 6) is -1.24. The van der Waals surface area contributed by atoms with E-state index >= 15 is 0 Å². The van der Waals surface area contributed by atoms with Gasteiger partial charge in [0.05, 0.1) is 23.8 Å². The first kappa shape index (κ1) is 15.5. The van der Waals surface area contributed by atoms with Crippen molar-refractivity contribution in [1.29, 1.82) is 5.26 Å². The molecule has 1 aliphatic carbocycles. The first-order chi connectivity index (χ1) is 9.91. The van der Waals surface area contributed by atoms with Gasteiger partial charge in [-0.1, -0.05) is 18.2 Å². The molecule has 0 bridgehead atoms. The second-order valence-corrected chi connectivity index (χ2v) is 6.94. The first-order valence-corrected chi connectivity index (χ1v) is 8.26. The van der Waals surface area contributed by atoms with E-state index in [9.17, 15) is 13.2 Å². The van der Waals surface area contributed by atoms with Gasteiger partial charge in [0, 0.05) is 6.04 Å². The van der Waals surface area contributed by atoms with Crippen LogP contribution in [0, 0.1) is 17.2 Å². The maximum absolute atomic E-state index is 12.2. The number of nitriles is 1. The van der Waals surface area contributed by atoms with Gasteiger partial charge >= 0.3 is 5.97 Å². The molecule has 0 radical (unpaired) electrons. The molecule has 1 saturated carbocycles. The number of aliphatic carboxylic acids is 1. The van der Waals surface area contributed by atoms with Gasteiger partial charge in [0.1, 0.15) is 0 Å². The number of carboxylic acid groups (broad SMARTS) is 1. The summed E-state index contributed by atoms with van der Waals surface area (Å²) in [6.45, 7) is 0. The zero-order chi connectivity index (χ0) is 15.5. The summed E-state index contributed by atoms with van der Waals surface area (Å²) in [6.07, 6.45) is 1.47. The molecule has 1 fully saturated rings. The van der Waals surface area contributed by atoms with Crippen molar-refractivity contribution in [3.05, 3.63) is 35.4 Å². The van der Waals surface area contributed by atoms with Crippen LogP contribution in [0.15, 0.2) is 24.3 Å². The quantitative estimate of drug-likeness (QED) is 0.787. The second-order valence-electron chi connectivity index (χ2n) is 5.19. The van der Waals surface area contributed by atoms with E-state index in [2.05, 4.69) is 4.72 Å². The van der Waals surface area contributed by atoms with Crippen LogP contribution in [0.25, 0.3) is 0 Å². The van der Waals surface area contributed by atoms with Gasteiger partial charge in [-0.15, -0.1) is 0 Å². The molecule has 112 valence electrons. The van der Waals surface area contributed by atoms with Crippen molar-refractivity contribution in [1.82, 2.24) is 4.72 Å². The molecule has 1 aliphatic rings. The molecule has 0 heterocycles. The highest BCUT2D eigenvalue weighted by molar-refractivity contribution is 7.88. The topological polar surface area (TPSA) is 107 Å². The molecule has 2 rings (SSSR count).